The minimum atomic E-state index is -0.220. The maximum atomic E-state index is 12.8. The van der Waals surface area contributed by atoms with Crippen LogP contribution in [0.15, 0.2) is 54.6 Å². The van der Waals surface area contributed by atoms with Crippen molar-refractivity contribution in [3.8, 4) is 0 Å². The summed E-state index contributed by atoms with van der Waals surface area (Å²) in [5, 5.41) is 3.11. The molecule has 0 spiro atoms. The molecule has 1 saturated heterocycles. The van der Waals surface area contributed by atoms with Crippen molar-refractivity contribution >= 4 is 17.5 Å². The Labute approximate surface area is 173 Å². The third-order valence-electron chi connectivity index (χ3n) is 5.79. The summed E-state index contributed by atoms with van der Waals surface area (Å²) in [7, 11) is 0. The predicted octanol–water partition coefficient (Wildman–Crippen LogP) is 3.91. The molecule has 0 saturated carbocycles. The quantitative estimate of drug-likeness (QED) is 0.714. The van der Waals surface area contributed by atoms with Gasteiger partial charge in [0.1, 0.15) is 0 Å². The smallest absolute Gasteiger partial charge is 0.224 e. The fourth-order valence-corrected chi connectivity index (χ4v) is 4.10. The van der Waals surface area contributed by atoms with E-state index < -0.39 is 0 Å². The highest BCUT2D eigenvalue weighted by atomic mass is 16.2. The van der Waals surface area contributed by atoms with Gasteiger partial charge in [0.15, 0.2) is 0 Å². The molecule has 0 bridgehead atoms. The lowest BCUT2D eigenvalue weighted by Gasteiger charge is -2.31. The highest BCUT2D eigenvalue weighted by molar-refractivity contribution is 5.92. The van der Waals surface area contributed by atoms with Gasteiger partial charge in [-0.15, -0.1) is 0 Å². The number of primary amides is 1. The number of rotatable bonds is 8. The van der Waals surface area contributed by atoms with E-state index in [1.54, 1.807) is 0 Å². The largest absolute Gasteiger partial charge is 0.369 e. The van der Waals surface area contributed by atoms with Crippen molar-refractivity contribution in [1.82, 2.24) is 4.90 Å². The molecule has 1 fully saturated rings. The number of para-hydroxylation sites is 1. The summed E-state index contributed by atoms with van der Waals surface area (Å²) in [6.07, 6.45) is 3.21. The highest BCUT2D eigenvalue weighted by Gasteiger charge is 2.24. The van der Waals surface area contributed by atoms with Crippen molar-refractivity contribution in [2.75, 3.05) is 18.4 Å². The Kier molecular flexibility index (Phi) is 7.42. The van der Waals surface area contributed by atoms with Crippen molar-refractivity contribution in [1.29, 1.82) is 0 Å². The summed E-state index contributed by atoms with van der Waals surface area (Å²) in [5.41, 5.74) is 8.62. The minimum absolute atomic E-state index is 0.0295. The molecular weight excluding hydrogens is 362 g/mol. The SMILES string of the molecule is CCC(CC(=O)Nc1ccccc1CN1CCCC(C(N)=O)C1)c1ccccc1. The van der Waals surface area contributed by atoms with Crippen LogP contribution in [0.1, 0.15) is 49.7 Å². The first-order chi connectivity index (χ1) is 14.1. The third kappa shape index (κ3) is 5.91. The molecule has 0 radical (unpaired) electrons. The summed E-state index contributed by atoms with van der Waals surface area (Å²) in [4.78, 5) is 26.6. The van der Waals surface area contributed by atoms with Crippen LogP contribution in [0.3, 0.4) is 0 Å². The molecule has 1 aliphatic heterocycles. The maximum absolute atomic E-state index is 12.8. The molecule has 2 unspecified atom stereocenters. The molecule has 29 heavy (non-hydrogen) atoms. The van der Waals surface area contributed by atoms with Crippen LogP contribution in [-0.2, 0) is 16.1 Å². The monoisotopic (exact) mass is 393 g/mol. The Morgan fingerprint density at radius 3 is 2.59 bits per heavy atom. The van der Waals surface area contributed by atoms with E-state index in [1.165, 1.54) is 5.56 Å². The number of amides is 2. The molecule has 5 nitrogen and oxygen atoms in total. The van der Waals surface area contributed by atoms with Crippen LogP contribution in [0.5, 0.6) is 0 Å². The average molecular weight is 394 g/mol. The maximum Gasteiger partial charge on any atom is 0.224 e. The molecule has 2 aromatic rings. The van der Waals surface area contributed by atoms with Crippen LogP contribution in [0.2, 0.25) is 0 Å². The molecule has 5 heteroatoms. The van der Waals surface area contributed by atoms with Gasteiger partial charge in [0, 0.05) is 25.2 Å². The van der Waals surface area contributed by atoms with Gasteiger partial charge in [-0.05, 0) is 48.9 Å². The fraction of sp³-hybridized carbons (Fsp3) is 0.417. The van der Waals surface area contributed by atoms with Crippen LogP contribution in [0.25, 0.3) is 0 Å². The molecule has 3 rings (SSSR count). The Bertz CT molecular complexity index is 822. The second-order valence-electron chi connectivity index (χ2n) is 7.90. The van der Waals surface area contributed by atoms with E-state index in [4.69, 9.17) is 5.73 Å². The second kappa shape index (κ2) is 10.2. The van der Waals surface area contributed by atoms with Gasteiger partial charge in [-0.2, -0.15) is 0 Å². The lowest BCUT2D eigenvalue weighted by atomic mass is 9.93. The summed E-state index contributed by atoms with van der Waals surface area (Å²) >= 11 is 0. The number of carbonyl (C=O) groups is 2. The summed E-state index contributed by atoms with van der Waals surface area (Å²) in [6.45, 7) is 4.45. The van der Waals surface area contributed by atoms with Gasteiger partial charge in [0.2, 0.25) is 11.8 Å². The van der Waals surface area contributed by atoms with E-state index in [-0.39, 0.29) is 23.7 Å². The first kappa shape index (κ1) is 21.1. The Balaban J connectivity index is 1.64. The van der Waals surface area contributed by atoms with Crippen LogP contribution in [0.4, 0.5) is 5.69 Å². The topological polar surface area (TPSA) is 75.4 Å². The van der Waals surface area contributed by atoms with E-state index in [9.17, 15) is 9.59 Å². The third-order valence-corrected chi connectivity index (χ3v) is 5.79. The van der Waals surface area contributed by atoms with Crippen LogP contribution in [-0.4, -0.2) is 29.8 Å². The van der Waals surface area contributed by atoms with Crippen molar-refractivity contribution < 1.29 is 9.59 Å². The molecule has 154 valence electrons. The molecule has 2 atom stereocenters. The molecule has 0 aliphatic carbocycles. The lowest BCUT2D eigenvalue weighted by molar-refractivity contribution is -0.123. The first-order valence-electron chi connectivity index (χ1n) is 10.5. The molecule has 3 N–H and O–H groups in total. The van der Waals surface area contributed by atoms with E-state index >= 15 is 0 Å². The van der Waals surface area contributed by atoms with Crippen LogP contribution < -0.4 is 11.1 Å². The minimum Gasteiger partial charge on any atom is -0.369 e. The first-order valence-corrected chi connectivity index (χ1v) is 10.5. The van der Waals surface area contributed by atoms with Crippen LogP contribution >= 0.6 is 0 Å². The summed E-state index contributed by atoms with van der Waals surface area (Å²) < 4.78 is 0. The van der Waals surface area contributed by atoms with E-state index in [1.807, 2.05) is 42.5 Å². The fourth-order valence-electron chi connectivity index (χ4n) is 4.10. The van der Waals surface area contributed by atoms with Gasteiger partial charge in [-0.3, -0.25) is 14.5 Å². The number of piperidine rings is 1. The van der Waals surface area contributed by atoms with Gasteiger partial charge < -0.3 is 11.1 Å². The van der Waals surface area contributed by atoms with Gasteiger partial charge in [-0.25, -0.2) is 0 Å². The number of likely N-dealkylation sites (tertiary alicyclic amines) is 1. The van der Waals surface area contributed by atoms with Crippen molar-refractivity contribution in [3.63, 3.8) is 0 Å². The number of carbonyl (C=O) groups excluding carboxylic acids is 2. The van der Waals surface area contributed by atoms with Crippen LogP contribution in [0, 0.1) is 5.92 Å². The lowest BCUT2D eigenvalue weighted by Crippen LogP contribution is -2.40. The Hall–Kier alpha value is -2.66. The molecule has 2 amide bonds. The van der Waals surface area contributed by atoms with Gasteiger partial charge in [0.25, 0.3) is 0 Å². The molecule has 1 heterocycles. The van der Waals surface area contributed by atoms with Gasteiger partial charge in [-0.1, -0.05) is 55.5 Å². The Morgan fingerprint density at radius 1 is 1.14 bits per heavy atom. The molecule has 0 aromatic heterocycles. The van der Waals surface area contributed by atoms with Crippen molar-refractivity contribution in [3.05, 3.63) is 65.7 Å². The number of nitrogens with one attached hydrogen (secondary N) is 1. The van der Waals surface area contributed by atoms with Gasteiger partial charge in [0.05, 0.1) is 5.92 Å². The highest BCUT2D eigenvalue weighted by Crippen LogP contribution is 2.25. The zero-order valence-corrected chi connectivity index (χ0v) is 17.1. The standard InChI is InChI=1S/C24H31N3O2/c1-2-18(19-9-4-3-5-10-19)15-23(28)26-22-13-7-6-11-20(22)16-27-14-8-12-21(17-27)24(25)29/h3-7,9-11,13,18,21H,2,8,12,14-17H2,1H3,(H2,25,29)(H,26,28). The number of nitrogens with zero attached hydrogens (tertiary/aromatic N) is 1. The zero-order chi connectivity index (χ0) is 20.6. The predicted molar refractivity (Wildman–Crippen MR) is 116 cm³/mol. The number of hydrogen-bond acceptors (Lipinski definition) is 3. The van der Waals surface area contributed by atoms with Crippen molar-refractivity contribution in [2.45, 2.75) is 45.1 Å². The second-order valence-corrected chi connectivity index (χ2v) is 7.90. The number of hydrogen-bond donors (Lipinski definition) is 2. The molecular formula is C24H31N3O2. The number of nitrogens with two attached hydrogens (primary N) is 1. The van der Waals surface area contributed by atoms with E-state index in [2.05, 4.69) is 29.3 Å². The zero-order valence-electron chi connectivity index (χ0n) is 17.1. The van der Waals surface area contributed by atoms with Crippen molar-refractivity contribution in [2.24, 2.45) is 11.7 Å². The van der Waals surface area contributed by atoms with Gasteiger partial charge >= 0.3 is 0 Å². The number of anilines is 1. The Morgan fingerprint density at radius 2 is 1.86 bits per heavy atom. The molecule has 2 aromatic carbocycles. The summed E-state index contributed by atoms with van der Waals surface area (Å²) in [6, 6.07) is 18.1. The average Bonchev–Trinajstić information content (AvgIpc) is 2.74. The van der Waals surface area contributed by atoms with E-state index in [0.29, 0.717) is 19.5 Å². The number of benzene rings is 2. The van der Waals surface area contributed by atoms with E-state index in [0.717, 1.165) is 37.1 Å². The normalized spacial score (nSPS) is 18.2. The summed E-state index contributed by atoms with van der Waals surface area (Å²) in [5.74, 6) is -0.0620. The molecule has 1 aliphatic rings.